The van der Waals surface area contributed by atoms with Gasteiger partial charge in [-0.15, -0.1) is 11.3 Å². The first kappa shape index (κ1) is 12.3. The van der Waals surface area contributed by atoms with Crippen LogP contribution in [0.25, 0.3) is 0 Å². The highest BCUT2D eigenvalue weighted by molar-refractivity contribution is 7.19. The monoisotopic (exact) mass is 247 g/mol. The number of esters is 1. The number of carbonyl (C=O) groups excluding carboxylic acids is 1. The molecule has 1 atom stereocenters. The molecule has 1 unspecified atom stereocenters. The molecule has 1 rings (SSSR count). The molecule has 0 aliphatic heterocycles. The standard InChI is InChI=1S/C10H14ClNO2S/c1-3-7(10(13)14-2)6-12-9-5-4-8(11)15-9/h4-5,7,12H,3,6H2,1-2H3. The van der Waals surface area contributed by atoms with Crippen LogP contribution in [-0.4, -0.2) is 19.6 Å². The first-order valence-electron chi connectivity index (χ1n) is 4.74. The lowest BCUT2D eigenvalue weighted by Gasteiger charge is -2.12. The summed E-state index contributed by atoms with van der Waals surface area (Å²) in [4.78, 5) is 11.3. The van der Waals surface area contributed by atoms with Gasteiger partial charge in [0.25, 0.3) is 0 Å². The van der Waals surface area contributed by atoms with E-state index in [-0.39, 0.29) is 11.9 Å². The Bertz CT molecular complexity index is 327. The Morgan fingerprint density at radius 2 is 2.40 bits per heavy atom. The van der Waals surface area contributed by atoms with E-state index in [2.05, 4.69) is 5.32 Å². The smallest absolute Gasteiger partial charge is 0.310 e. The van der Waals surface area contributed by atoms with Crippen LogP contribution in [0, 0.1) is 5.92 Å². The normalized spacial score (nSPS) is 12.2. The summed E-state index contributed by atoms with van der Waals surface area (Å²) in [5.41, 5.74) is 0. The number of carbonyl (C=O) groups is 1. The Labute approximate surface area is 98.4 Å². The second kappa shape index (κ2) is 5.98. The number of anilines is 1. The van der Waals surface area contributed by atoms with Gasteiger partial charge in [-0.2, -0.15) is 0 Å². The maximum Gasteiger partial charge on any atom is 0.310 e. The number of nitrogens with one attached hydrogen (secondary N) is 1. The summed E-state index contributed by atoms with van der Waals surface area (Å²) in [5.74, 6) is -0.275. The van der Waals surface area contributed by atoms with Crippen molar-refractivity contribution in [3.8, 4) is 0 Å². The van der Waals surface area contributed by atoms with Crippen LogP contribution in [0.15, 0.2) is 12.1 Å². The lowest BCUT2D eigenvalue weighted by Crippen LogP contribution is -2.23. The third-order valence-electron chi connectivity index (χ3n) is 2.12. The summed E-state index contributed by atoms with van der Waals surface area (Å²) in [6, 6.07) is 3.73. The van der Waals surface area contributed by atoms with Gasteiger partial charge in [-0.3, -0.25) is 4.79 Å². The van der Waals surface area contributed by atoms with Crippen LogP contribution >= 0.6 is 22.9 Å². The molecule has 0 radical (unpaired) electrons. The van der Waals surface area contributed by atoms with E-state index in [9.17, 15) is 4.79 Å². The van der Waals surface area contributed by atoms with Crippen LogP contribution in [0.4, 0.5) is 5.00 Å². The van der Waals surface area contributed by atoms with Crippen molar-refractivity contribution in [1.29, 1.82) is 0 Å². The number of halogens is 1. The molecule has 0 aliphatic rings. The number of hydrogen-bond acceptors (Lipinski definition) is 4. The lowest BCUT2D eigenvalue weighted by molar-refractivity contribution is -0.145. The third kappa shape index (κ3) is 3.72. The molecule has 0 aliphatic carbocycles. The number of hydrogen-bond donors (Lipinski definition) is 1. The zero-order valence-electron chi connectivity index (χ0n) is 8.75. The van der Waals surface area contributed by atoms with Crippen molar-refractivity contribution in [2.24, 2.45) is 5.92 Å². The minimum Gasteiger partial charge on any atom is -0.469 e. The maximum absolute atomic E-state index is 11.3. The SMILES string of the molecule is CCC(CNc1ccc(Cl)s1)C(=O)OC. The van der Waals surface area contributed by atoms with Crippen molar-refractivity contribution >= 4 is 33.9 Å². The van der Waals surface area contributed by atoms with Crippen molar-refractivity contribution in [2.45, 2.75) is 13.3 Å². The highest BCUT2D eigenvalue weighted by Crippen LogP contribution is 2.26. The number of rotatable bonds is 5. The maximum atomic E-state index is 11.3. The Morgan fingerprint density at radius 3 is 2.87 bits per heavy atom. The first-order valence-corrected chi connectivity index (χ1v) is 5.93. The van der Waals surface area contributed by atoms with Crippen LogP contribution in [0.3, 0.4) is 0 Å². The molecule has 0 spiro atoms. The van der Waals surface area contributed by atoms with E-state index in [1.54, 1.807) is 0 Å². The van der Waals surface area contributed by atoms with E-state index in [0.29, 0.717) is 6.54 Å². The molecule has 1 N–H and O–H groups in total. The highest BCUT2D eigenvalue weighted by atomic mass is 35.5. The predicted octanol–water partition coefficient (Wildman–Crippen LogP) is 3.01. The fourth-order valence-corrected chi connectivity index (χ4v) is 2.14. The van der Waals surface area contributed by atoms with Crippen molar-refractivity contribution in [2.75, 3.05) is 19.0 Å². The fraction of sp³-hybridized carbons (Fsp3) is 0.500. The molecule has 3 nitrogen and oxygen atoms in total. The molecule has 84 valence electrons. The van der Waals surface area contributed by atoms with Gasteiger partial charge in [0.1, 0.15) is 0 Å². The summed E-state index contributed by atoms with van der Waals surface area (Å²) in [6.45, 7) is 2.55. The third-order valence-corrected chi connectivity index (χ3v) is 3.31. The lowest BCUT2D eigenvalue weighted by atomic mass is 10.1. The average Bonchev–Trinajstić information content (AvgIpc) is 2.64. The molecule has 0 aromatic carbocycles. The van der Waals surface area contributed by atoms with E-state index in [1.165, 1.54) is 18.4 Å². The molecule has 1 aromatic rings. The van der Waals surface area contributed by atoms with Gasteiger partial charge >= 0.3 is 5.97 Å². The molecule has 1 heterocycles. The van der Waals surface area contributed by atoms with Gasteiger partial charge in [-0.1, -0.05) is 18.5 Å². The van der Waals surface area contributed by atoms with Gasteiger partial charge < -0.3 is 10.1 Å². The van der Waals surface area contributed by atoms with E-state index in [0.717, 1.165) is 15.8 Å². The van der Waals surface area contributed by atoms with Gasteiger partial charge in [0.2, 0.25) is 0 Å². The number of thiophene rings is 1. The molecule has 0 saturated carbocycles. The highest BCUT2D eigenvalue weighted by Gasteiger charge is 2.16. The zero-order valence-corrected chi connectivity index (χ0v) is 10.3. The topological polar surface area (TPSA) is 38.3 Å². The van der Waals surface area contributed by atoms with Crippen molar-refractivity contribution in [3.63, 3.8) is 0 Å². The van der Waals surface area contributed by atoms with Crippen LogP contribution in [-0.2, 0) is 9.53 Å². The molecule has 0 amide bonds. The molecule has 0 bridgehead atoms. The van der Waals surface area contributed by atoms with Crippen molar-refractivity contribution in [3.05, 3.63) is 16.5 Å². The Kier molecular flexibility index (Phi) is 4.91. The average molecular weight is 248 g/mol. The number of ether oxygens (including phenoxy) is 1. The summed E-state index contributed by atoms with van der Waals surface area (Å²) in [7, 11) is 1.41. The van der Waals surface area contributed by atoms with Gasteiger partial charge in [-0.05, 0) is 18.6 Å². The van der Waals surface area contributed by atoms with Gasteiger partial charge in [-0.25, -0.2) is 0 Å². The molecular formula is C10H14ClNO2S. The molecule has 1 aromatic heterocycles. The van der Waals surface area contributed by atoms with Gasteiger partial charge in [0.05, 0.1) is 22.4 Å². The van der Waals surface area contributed by atoms with E-state index < -0.39 is 0 Å². The van der Waals surface area contributed by atoms with Crippen molar-refractivity contribution < 1.29 is 9.53 Å². The van der Waals surface area contributed by atoms with Crippen LogP contribution in [0.1, 0.15) is 13.3 Å². The predicted molar refractivity (Wildman–Crippen MR) is 63.6 cm³/mol. The second-order valence-corrected chi connectivity index (χ2v) is 4.83. The summed E-state index contributed by atoms with van der Waals surface area (Å²) in [5, 5.41) is 4.14. The largest absolute Gasteiger partial charge is 0.469 e. The Hall–Kier alpha value is -0.740. The first-order chi connectivity index (χ1) is 7.17. The molecule has 5 heteroatoms. The summed E-state index contributed by atoms with van der Waals surface area (Å²) >= 11 is 7.25. The molecule has 0 saturated heterocycles. The minimum absolute atomic E-state index is 0.101. The molecule has 0 fully saturated rings. The Balaban J connectivity index is 2.44. The van der Waals surface area contributed by atoms with Crippen LogP contribution < -0.4 is 5.32 Å². The van der Waals surface area contributed by atoms with E-state index >= 15 is 0 Å². The summed E-state index contributed by atoms with van der Waals surface area (Å²) < 4.78 is 5.43. The van der Waals surface area contributed by atoms with E-state index in [1.807, 2.05) is 19.1 Å². The van der Waals surface area contributed by atoms with Crippen molar-refractivity contribution in [1.82, 2.24) is 0 Å². The minimum atomic E-state index is -0.173. The van der Waals surface area contributed by atoms with Crippen LogP contribution in [0.2, 0.25) is 4.34 Å². The van der Waals surface area contributed by atoms with Gasteiger partial charge in [0, 0.05) is 6.54 Å². The number of methoxy groups -OCH3 is 1. The van der Waals surface area contributed by atoms with Crippen LogP contribution in [0.5, 0.6) is 0 Å². The van der Waals surface area contributed by atoms with Gasteiger partial charge in [0.15, 0.2) is 0 Å². The quantitative estimate of drug-likeness (QED) is 0.813. The Morgan fingerprint density at radius 1 is 1.67 bits per heavy atom. The van der Waals surface area contributed by atoms with E-state index in [4.69, 9.17) is 16.3 Å². The fourth-order valence-electron chi connectivity index (χ4n) is 1.19. The molecule has 15 heavy (non-hydrogen) atoms. The zero-order chi connectivity index (χ0) is 11.3. The molecular weight excluding hydrogens is 234 g/mol. The summed E-state index contributed by atoms with van der Waals surface area (Å²) in [6.07, 6.45) is 0.763. The second-order valence-electron chi connectivity index (χ2n) is 3.11.